The highest BCUT2D eigenvalue weighted by molar-refractivity contribution is 6.42. The van der Waals surface area contributed by atoms with Crippen LogP contribution in [0.15, 0.2) is 54.1 Å². The fraction of sp³-hybridized carbons (Fsp3) is 0.105. The predicted molar refractivity (Wildman–Crippen MR) is 96.4 cm³/mol. The molecule has 0 unspecified atom stereocenters. The summed E-state index contributed by atoms with van der Waals surface area (Å²) in [7, 11) is 1.62. The normalized spacial score (nSPS) is 13.2. The minimum Gasteiger partial charge on any atom is -0.497 e. The third-order valence-electron chi connectivity index (χ3n) is 3.61. The van der Waals surface area contributed by atoms with Crippen LogP contribution in [-0.4, -0.2) is 19.5 Å². The molecule has 0 saturated carbocycles. The van der Waals surface area contributed by atoms with Crippen molar-refractivity contribution < 1.29 is 14.3 Å². The van der Waals surface area contributed by atoms with Crippen molar-refractivity contribution >= 4 is 35.1 Å². The van der Waals surface area contributed by atoms with Gasteiger partial charge in [0.25, 0.3) is 0 Å². The Bertz CT molecular complexity index is 854. The quantitative estimate of drug-likeness (QED) is 0.554. The van der Waals surface area contributed by atoms with Crippen LogP contribution in [0.4, 0.5) is 0 Å². The average molecular weight is 361 g/mol. The fourth-order valence-corrected chi connectivity index (χ4v) is 2.62. The van der Waals surface area contributed by atoms with Gasteiger partial charge in [-0.2, -0.15) is 0 Å². The zero-order valence-electron chi connectivity index (χ0n) is 12.9. The van der Waals surface area contributed by atoms with E-state index in [1.54, 1.807) is 31.4 Å². The molecule has 122 valence electrons. The minimum absolute atomic E-state index is 0.147. The number of hydrogen-bond acceptors (Lipinski definition) is 3. The molecule has 0 bridgehead atoms. The number of hydrogen-bond donors (Lipinski definition) is 0. The van der Waals surface area contributed by atoms with E-state index in [4.69, 9.17) is 32.7 Å². The molecule has 0 fully saturated rings. The molecule has 0 aromatic heterocycles. The fourth-order valence-electron chi connectivity index (χ4n) is 2.32. The molecule has 1 aliphatic heterocycles. The number of benzene rings is 2. The molecular weight excluding hydrogens is 347 g/mol. The van der Waals surface area contributed by atoms with Crippen LogP contribution < -0.4 is 9.47 Å². The van der Waals surface area contributed by atoms with Gasteiger partial charge >= 0.3 is 0 Å². The Morgan fingerprint density at radius 2 is 2.00 bits per heavy atom. The second-order valence-electron chi connectivity index (χ2n) is 5.24. The largest absolute Gasteiger partial charge is 0.497 e. The maximum atomic E-state index is 12.2. The molecule has 1 heterocycles. The minimum atomic E-state index is -0.147. The van der Waals surface area contributed by atoms with E-state index in [0.29, 0.717) is 22.2 Å². The Morgan fingerprint density at radius 3 is 2.75 bits per heavy atom. The lowest BCUT2D eigenvalue weighted by atomic mass is 10.1. The van der Waals surface area contributed by atoms with E-state index in [0.717, 1.165) is 22.6 Å². The maximum absolute atomic E-state index is 12.2. The predicted octanol–water partition coefficient (Wildman–Crippen LogP) is 5.22. The zero-order valence-corrected chi connectivity index (χ0v) is 14.4. The van der Waals surface area contributed by atoms with Crippen molar-refractivity contribution in [2.24, 2.45) is 0 Å². The summed E-state index contributed by atoms with van der Waals surface area (Å²) in [6, 6.07) is 10.4. The molecule has 0 atom stereocenters. The Morgan fingerprint density at radius 1 is 1.17 bits per heavy atom. The van der Waals surface area contributed by atoms with Crippen LogP contribution in [-0.2, 0) is 0 Å². The molecule has 0 spiro atoms. The molecule has 0 N–H and O–H groups in total. The number of fused-ring (bicyclic) bond motifs is 1. The van der Waals surface area contributed by atoms with Gasteiger partial charge in [0, 0.05) is 11.1 Å². The molecule has 5 heteroatoms. The highest BCUT2D eigenvalue weighted by Crippen LogP contribution is 2.30. The van der Waals surface area contributed by atoms with Gasteiger partial charge in [0.2, 0.25) is 0 Å². The highest BCUT2D eigenvalue weighted by Gasteiger charge is 2.11. The highest BCUT2D eigenvalue weighted by atomic mass is 35.5. The van der Waals surface area contributed by atoms with E-state index in [1.165, 1.54) is 6.08 Å². The number of rotatable bonds is 4. The van der Waals surface area contributed by atoms with E-state index >= 15 is 0 Å². The lowest BCUT2D eigenvalue weighted by molar-refractivity contribution is 0.104. The number of ketones is 1. The van der Waals surface area contributed by atoms with Gasteiger partial charge in [-0.25, -0.2) is 0 Å². The van der Waals surface area contributed by atoms with E-state index in [-0.39, 0.29) is 5.78 Å². The van der Waals surface area contributed by atoms with Gasteiger partial charge in [0.1, 0.15) is 18.1 Å². The summed E-state index contributed by atoms with van der Waals surface area (Å²) >= 11 is 11.8. The Balaban J connectivity index is 1.79. The van der Waals surface area contributed by atoms with Gasteiger partial charge in [-0.3, -0.25) is 4.79 Å². The van der Waals surface area contributed by atoms with Crippen molar-refractivity contribution in [1.82, 2.24) is 0 Å². The summed E-state index contributed by atoms with van der Waals surface area (Å²) in [6.45, 7) is 0.407. The first kappa shape index (κ1) is 16.6. The van der Waals surface area contributed by atoms with Gasteiger partial charge in [0.15, 0.2) is 5.78 Å². The topological polar surface area (TPSA) is 35.5 Å². The smallest absolute Gasteiger partial charge is 0.185 e. The summed E-state index contributed by atoms with van der Waals surface area (Å²) in [5.41, 5.74) is 2.30. The van der Waals surface area contributed by atoms with E-state index in [2.05, 4.69) is 0 Å². The summed E-state index contributed by atoms with van der Waals surface area (Å²) in [5, 5.41) is 0.781. The van der Waals surface area contributed by atoms with Gasteiger partial charge in [-0.05, 0) is 54.1 Å². The van der Waals surface area contributed by atoms with Crippen molar-refractivity contribution in [1.29, 1.82) is 0 Å². The molecular formula is C19H14Cl2O3. The summed E-state index contributed by atoms with van der Waals surface area (Å²) in [4.78, 5) is 12.2. The van der Waals surface area contributed by atoms with Crippen molar-refractivity contribution in [3.05, 3.63) is 75.3 Å². The standard InChI is InChI=1S/C19H14Cl2O3/c1-23-15-4-7-19-14(9-15)8-12(11-24-19)2-6-18(22)13-3-5-16(20)17(21)10-13/h2-10H,11H2,1H3/b6-2+. The number of allylic oxidation sites excluding steroid dienone is 1. The number of methoxy groups -OCH3 is 1. The lowest BCUT2D eigenvalue weighted by Gasteiger charge is -2.16. The van der Waals surface area contributed by atoms with E-state index in [9.17, 15) is 4.79 Å². The molecule has 2 aromatic carbocycles. The third kappa shape index (κ3) is 3.64. The van der Waals surface area contributed by atoms with Gasteiger partial charge in [0.05, 0.1) is 17.2 Å². The number of carbonyl (C=O) groups is 1. The molecule has 0 radical (unpaired) electrons. The second kappa shape index (κ2) is 7.12. The zero-order chi connectivity index (χ0) is 17.1. The van der Waals surface area contributed by atoms with Crippen molar-refractivity contribution in [2.45, 2.75) is 0 Å². The molecule has 0 amide bonds. The Labute approximate surface area is 150 Å². The molecule has 3 rings (SSSR count). The van der Waals surface area contributed by atoms with Crippen LogP contribution in [0.1, 0.15) is 15.9 Å². The molecule has 24 heavy (non-hydrogen) atoms. The molecule has 0 aliphatic carbocycles. The second-order valence-corrected chi connectivity index (χ2v) is 6.05. The summed E-state index contributed by atoms with van der Waals surface area (Å²) in [5.74, 6) is 1.40. The van der Waals surface area contributed by atoms with Crippen molar-refractivity contribution in [3.8, 4) is 11.5 Å². The van der Waals surface area contributed by atoms with Crippen LogP contribution in [0.25, 0.3) is 6.08 Å². The van der Waals surface area contributed by atoms with Gasteiger partial charge in [-0.1, -0.05) is 29.3 Å². The van der Waals surface area contributed by atoms with E-state index in [1.807, 2.05) is 24.3 Å². The van der Waals surface area contributed by atoms with Crippen LogP contribution in [0.5, 0.6) is 11.5 Å². The van der Waals surface area contributed by atoms with E-state index < -0.39 is 0 Å². The van der Waals surface area contributed by atoms with Crippen LogP contribution in [0.2, 0.25) is 10.0 Å². The van der Waals surface area contributed by atoms with Crippen LogP contribution in [0, 0.1) is 0 Å². The number of ether oxygens (including phenoxy) is 2. The number of carbonyl (C=O) groups excluding carboxylic acids is 1. The van der Waals surface area contributed by atoms with Crippen molar-refractivity contribution in [3.63, 3.8) is 0 Å². The summed E-state index contributed by atoms with van der Waals surface area (Å²) in [6.07, 6.45) is 5.22. The van der Waals surface area contributed by atoms with Crippen LogP contribution >= 0.6 is 23.2 Å². The Hall–Kier alpha value is -2.23. The van der Waals surface area contributed by atoms with Crippen LogP contribution in [0.3, 0.4) is 0 Å². The molecule has 2 aromatic rings. The van der Waals surface area contributed by atoms with Gasteiger partial charge < -0.3 is 9.47 Å². The van der Waals surface area contributed by atoms with Gasteiger partial charge in [-0.15, -0.1) is 0 Å². The first-order chi connectivity index (χ1) is 11.6. The molecule has 3 nitrogen and oxygen atoms in total. The lowest BCUT2D eigenvalue weighted by Crippen LogP contribution is -2.06. The first-order valence-corrected chi connectivity index (χ1v) is 8.01. The third-order valence-corrected chi connectivity index (χ3v) is 4.34. The van der Waals surface area contributed by atoms with Crippen molar-refractivity contribution in [2.75, 3.05) is 13.7 Å². The Kier molecular flexibility index (Phi) is 4.93. The monoisotopic (exact) mass is 360 g/mol. The average Bonchev–Trinajstić information content (AvgIpc) is 2.61. The number of halogens is 2. The maximum Gasteiger partial charge on any atom is 0.185 e. The summed E-state index contributed by atoms with van der Waals surface area (Å²) < 4.78 is 10.9. The molecule has 0 saturated heterocycles. The first-order valence-electron chi connectivity index (χ1n) is 7.25. The SMILES string of the molecule is COc1ccc2c(c1)C=C(/C=C/C(=O)c1ccc(Cl)c(Cl)c1)CO2. The molecule has 1 aliphatic rings.